The summed E-state index contributed by atoms with van der Waals surface area (Å²) < 4.78 is 2.29. The highest BCUT2D eigenvalue weighted by atomic mass is 15.0. The molecule has 0 spiro atoms. The van der Waals surface area contributed by atoms with E-state index in [0.29, 0.717) is 0 Å². The molecule has 122 valence electrons. The fourth-order valence-electron chi connectivity index (χ4n) is 4.24. The van der Waals surface area contributed by atoms with Crippen LogP contribution < -0.4 is 0 Å². The zero-order valence-corrected chi connectivity index (χ0v) is 14.1. The molecular weight excluding hydrogens is 316 g/mol. The number of fused-ring (bicyclic) bond motifs is 8. The maximum absolute atomic E-state index is 3.69. The van der Waals surface area contributed by atoms with E-state index < -0.39 is 0 Å². The molecule has 0 bridgehead atoms. The molecule has 26 heavy (non-hydrogen) atoms. The van der Waals surface area contributed by atoms with Crippen LogP contribution >= 0.6 is 0 Å². The van der Waals surface area contributed by atoms with Crippen molar-refractivity contribution in [2.45, 2.75) is 0 Å². The predicted octanol–water partition coefficient (Wildman–Crippen LogP) is 6.42. The number of rotatable bonds is 1. The Hall–Kier alpha value is -3.52. The number of aromatic amines is 1. The van der Waals surface area contributed by atoms with E-state index >= 15 is 0 Å². The van der Waals surface area contributed by atoms with Crippen LogP contribution in [0.3, 0.4) is 0 Å². The Morgan fingerprint density at radius 3 is 2.12 bits per heavy atom. The second-order valence-electron chi connectivity index (χ2n) is 6.75. The number of aromatic nitrogens is 2. The first-order valence-electron chi connectivity index (χ1n) is 8.89. The van der Waals surface area contributed by atoms with Crippen molar-refractivity contribution in [3.63, 3.8) is 0 Å². The maximum atomic E-state index is 3.69. The third kappa shape index (κ3) is 1.71. The lowest BCUT2D eigenvalue weighted by molar-refractivity contribution is 1.13. The molecule has 4 aromatic carbocycles. The van der Waals surface area contributed by atoms with Crippen LogP contribution in [0.4, 0.5) is 0 Å². The monoisotopic (exact) mass is 332 g/mol. The van der Waals surface area contributed by atoms with Gasteiger partial charge in [0.05, 0.1) is 11.0 Å². The Morgan fingerprint density at radius 1 is 0.577 bits per heavy atom. The molecule has 0 amide bonds. The van der Waals surface area contributed by atoms with Gasteiger partial charge in [-0.2, -0.15) is 0 Å². The molecule has 0 aliphatic carbocycles. The van der Waals surface area contributed by atoms with E-state index in [1.807, 2.05) is 0 Å². The molecule has 2 nitrogen and oxygen atoms in total. The van der Waals surface area contributed by atoms with E-state index in [9.17, 15) is 0 Å². The zero-order chi connectivity index (χ0) is 17.1. The molecule has 0 aliphatic rings. The Balaban J connectivity index is 1.93. The van der Waals surface area contributed by atoms with Gasteiger partial charge in [0.15, 0.2) is 0 Å². The molecule has 0 aliphatic heterocycles. The van der Waals surface area contributed by atoms with Crippen molar-refractivity contribution < 1.29 is 0 Å². The fraction of sp³-hybridized carbons (Fsp3) is 0. The largest absolute Gasteiger partial charge is 0.353 e. The summed E-state index contributed by atoms with van der Waals surface area (Å²) in [5, 5.41) is 6.47. The SMILES string of the molecule is c1ccc(-n2ccc3c4ccccc4c4c5ccccc5[nH]c4c32)cc1. The minimum absolute atomic E-state index is 1.18. The highest BCUT2D eigenvalue weighted by Gasteiger charge is 2.16. The maximum Gasteiger partial charge on any atom is 0.0778 e. The summed E-state index contributed by atoms with van der Waals surface area (Å²) in [4.78, 5) is 3.69. The van der Waals surface area contributed by atoms with Gasteiger partial charge in [0.1, 0.15) is 0 Å². The van der Waals surface area contributed by atoms with Gasteiger partial charge in [-0.05, 0) is 35.0 Å². The first-order chi connectivity index (χ1) is 12.9. The van der Waals surface area contributed by atoms with E-state index in [4.69, 9.17) is 0 Å². The van der Waals surface area contributed by atoms with Crippen LogP contribution in [0.15, 0.2) is 91.1 Å². The number of benzene rings is 4. The highest BCUT2D eigenvalue weighted by Crippen LogP contribution is 2.39. The van der Waals surface area contributed by atoms with Gasteiger partial charge >= 0.3 is 0 Å². The van der Waals surface area contributed by atoms with Crippen molar-refractivity contribution in [3.8, 4) is 5.69 Å². The Labute approximate surface area is 150 Å². The van der Waals surface area contributed by atoms with Crippen molar-refractivity contribution >= 4 is 43.5 Å². The summed E-state index contributed by atoms with van der Waals surface area (Å²) in [6.45, 7) is 0. The van der Waals surface area contributed by atoms with Crippen LogP contribution in [-0.2, 0) is 0 Å². The minimum Gasteiger partial charge on any atom is -0.353 e. The second kappa shape index (κ2) is 4.99. The van der Waals surface area contributed by atoms with Gasteiger partial charge in [0, 0.05) is 33.6 Å². The normalized spacial score (nSPS) is 11.8. The number of nitrogens with zero attached hydrogens (tertiary/aromatic N) is 1. The van der Waals surface area contributed by atoms with E-state index in [1.165, 1.54) is 49.2 Å². The lowest BCUT2D eigenvalue weighted by Gasteiger charge is -2.09. The smallest absolute Gasteiger partial charge is 0.0778 e. The first kappa shape index (κ1) is 13.7. The second-order valence-corrected chi connectivity index (χ2v) is 6.75. The molecule has 0 saturated heterocycles. The third-order valence-electron chi connectivity index (χ3n) is 5.35. The van der Waals surface area contributed by atoms with Crippen LogP contribution in [0.5, 0.6) is 0 Å². The molecule has 6 rings (SSSR count). The summed E-state index contributed by atoms with van der Waals surface area (Å²) in [5.41, 5.74) is 4.80. The van der Waals surface area contributed by atoms with Crippen LogP contribution in [0.1, 0.15) is 0 Å². The van der Waals surface area contributed by atoms with E-state index in [1.54, 1.807) is 0 Å². The molecule has 0 saturated carbocycles. The van der Waals surface area contributed by atoms with Crippen molar-refractivity contribution in [3.05, 3.63) is 91.1 Å². The molecule has 2 aromatic heterocycles. The van der Waals surface area contributed by atoms with E-state index in [2.05, 4.69) is 101 Å². The average Bonchev–Trinajstić information content (AvgIpc) is 3.31. The van der Waals surface area contributed by atoms with Gasteiger partial charge < -0.3 is 9.55 Å². The minimum atomic E-state index is 1.18. The van der Waals surface area contributed by atoms with E-state index in [-0.39, 0.29) is 0 Å². The first-order valence-corrected chi connectivity index (χ1v) is 8.89. The highest BCUT2D eigenvalue weighted by molar-refractivity contribution is 6.30. The van der Waals surface area contributed by atoms with Gasteiger partial charge in [-0.3, -0.25) is 0 Å². The number of hydrogen-bond donors (Lipinski definition) is 1. The van der Waals surface area contributed by atoms with Crippen molar-refractivity contribution in [1.82, 2.24) is 9.55 Å². The van der Waals surface area contributed by atoms with Crippen molar-refractivity contribution in [2.75, 3.05) is 0 Å². The molecular formula is C24H16N2. The summed E-state index contributed by atoms with van der Waals surface area (Å²) in [7, 11) is 0. The molecule has 2 heterocycles. The molecule has 2 heteroatoms. The fourth-order valence-corrected chi connectivity index (χ4v) is 4.24. The quantitative estimate of drug-likeness (QED) is 0.359. The predicted molar refractivity (Wildman–Crippen MR) is 110 cm³/mol. The summed E-state index contributed by atoms with van der Waals surface area (Å²) >= 11 is 0. The Bertz CT molecular complexity index is 1420. The topological polar surface area (TPSA) is 20.7 Å². The zero-order valence-electron chi connectivity index (χ0n) is 14.1. The van der Waals surface area contributed by atoms with E-state index in [0.717, 1.165) is 0 Å². The van der Waals surface area contributed by atoms with Crippen LogP contribution in [0, 0.1) is 0 Å². The molecule has 1 N–H and O–H groups in total. The number of para-hydroxylation sites is 2. The third-order valence-corrected chi connectivity index (χ3v) is 5.35. The summed E-state index contributed by atoms with van der Waals surface area (Å²) in [5.74, 6) is 0. The Morgan fingerprint density at radius 2 is 1.27 bits per heavy atom. The molecule has 0 radical (unpaired) electrons. The van der Waals surface area contributed by atoms with Crippen LogP contribution in [0.2, 0.25) is 0 Å². The van der Waals surface area contributed by atoms with Gasteiger partial charge in [0.25, 0.3) is 0 Å². The standard InChI is InChI=1S/C24H16N2/c1-2-8-16(9-3-1)26-15-14-19-17-10-4-5-11-18(17)22-20-12-6-7-13-21(20)25-23(22)24(19)26/h1-15,25H. The summed E-state index contributed by atoms with van der Waals surface area (Å²) in [6, 6.07) is 30.1. The average molecular weight is 332 g/mol. The van der Waals surface area contributed by atoms with Crippen molar-refractivity contribution in [2.24, 2.45) is 0 Å². The lowest BCUT2D eigenvalue weighted by Crippen LogP contribution is -1.92. The van der Waals surface area contributed by atoms with Crippen molar-refractivity contribution in [1.29, 1.82) is 0 Å². The molecule has 0 atom stereocenters. The van der Waals surface area contributed by atoms with Gasteiger partial charge in [-0.25, -0.2) is 0 Å². The number of hydrogen-bond acceptors (Lipinski definition) is 0. The molecule has 6 aromatic rings. The molecule has 0 unspecified atom stereocenters. The summed E-state index contributed by atoms with van der Waals surface area (Å²) in [6.07, 6.45) is 2.18. The van der Waals surface area contributed by atoms with Gasteiger partial charge in [0.2, 0.25) is 0 Å². The lowest BCUT2D eigenvalue weighted by atomic mass is 10.0. The number of nitrogens with one attached hydrogen (secondary N) is 1. The van der Waals surface area contributed by atoms with Gasteiger partial charge in [-0.15, -0.1) is 0 Å². The number of H-pyrrole nitrogens is 1. The van der Waals surface area contributed by atoms with Crippen LogP contribution in [-0.4, -0.2) is 9.55 Å². The van der Waals surface area contributed by atoms with Gasteiger partial charge in [-0.1, -0.05) is 60.7 Å². The molecule has 0 fully saturated rings. The Kier molecular flexibility index (Phi) is 2.64. The van der Waals surface area contributed by atoms with Crippen LogP contribution in [0.25, 0.3) is 49.2 Å².